The van der Waals surface area contributed by atoms with Crippen molar-refractivity contribution in [3.63, 3.8) is 0 Å². The maximum atomic E-state index is 2.58. The van der Waals surface area contributed by atoms with E-state index in [4.69, 9.17) is 0 Å². The molecule has 0 nitrogen and oxygen atoms in total. The van der Waals surface area contributed by atoms with Crippen LogP contribution in [0.15, 0.2) is 89.8 Å². The first kappa shape index (κ1) is 22.9. The van der Waals surface area contributed by atoms with Gasteiger partial charge in [0.2, 0.25) is 0 Å². The van der Waals surface area contributed by atoms with Crippen molar-refractivity contribution >= 4 is 68.3 Å². The second-order valence-corrected chi connectivity index (χ2v) is 27.6. The molecule has 0 unspecified atom stereocenters. The van der Waals surface area contributed by atoms with E-state index in [0.29, 0.717) is 0 Å². The summed E-state index contributed by atoms with van der Waals surface area (Å²) < 4.78 is -0.772. The molecular weight excluding hydrogens is 658 g/mol. The van der Waals surface area contributed by atoms with Crippen molar-refractivity contribution < 1.29 is 0 Å². The molecule has 0 aromatic heterocycles. The molecule has 1 aliphatic carbocycles. The molecule has 0 saturated heterocycles. The predicted octanol–water partition coefficient (Wildman–Crippen LogP) is 10.8. The third kappa shape index (κ3) is 3.61. The molecule has 34 heavy (non-hydrogen) atoms. The highest BCUT2D eigenvalue weighted by atomic mass is 127. The molecule has 0 amide bonds. The highest BCUT2D eigenvalue weighted by molar-refractivity contribution is 14.3. The predicted molar refractivity (Wildman–Crippen MR) is 169 cm³/mol. The van der Waals surface area contributed by atoms with Gasteiger partial charge in [-0.25, -0.2) is 0 Å². The molecule has 0 atom stereocenters. The smallest absolute Gasteiger partial charge is 0.0159 e. The number of hydrogen-bond acceptors (Lipinski definition) is 0. The zero-order chi connectivity index (χ0) is 23.8. The average Bonchev–Trinajstić information content (AvgIpc) is 3.05. The monoisotopic (exact) mass is 684 g/mol. The SMILES string of the molecule is Cc1ccc(-c2cc3c4c(ccc5cc(-c6ccc(S(C)(I)I)cc6)cc(c54)C3(C)C)c2)cc1. The fourth-order valence-electron chi connectivity index (χ4n) is 5.43. The van der Waals surface area contributed by atoms with Crippen molar-refractivity contribution in [2.75, 3.05) is 6.26 Å². The van der Waals surface area contributed by atoms with Gasteiger partial charge in [0, 0.05) is 10.3 Å². The van der Waals surface area contributed by atoms with Crippen LogP contribution >= 0.6 is 46.8 Å². The normalized spacial score (nSPS) is 14.9. The highest BCUT2D eigenvalue weighted by Gasteiger charge is 2.35. The number of halogens is 2. The average molecular weight is 684 g/mol. The Balaban J connectivity index is 1.54. The van der Waals surface area contributed by atoms with E-state index in [1.54, 1.807) is 0 Å². The topological polar surface area (TPSA) is 0 Å². The lowest BCUT2D eigenvalue weighted by Gasteiger charge is -2.24. The molecule has 6 rings (SSSR count). The van der Waals surface area contributed by atoms with E-state index in [9.17, 15) is 0 Å². The first-order valence-corrected chi connectivity index (χ1v) is 18.7. The van der Waals surface area contributed by atoms with Crippen LogP contribution in [0.4, 0.5) is 0 Å². The van der Waals surface area contributed by atoms with E-state index in [2.05, 4.69) is 154 Å². The van der Waals surface area contributed by atoms with Gasteiger partial charge in [-0.15, -0.1) is 4.37 Å². The number of benzene rings is 5. The Kier molecular flexibility index (Phi) is 5.36. The standard InChI is InChI=1S/C31H26I2S/c1-19-5-7-20(8-6-19)24-15-22-9-10-23-16-25(21-11-13-26(14-12-21)34(4,32)33)18-28-30(23)29(22)27(17-24)31(28,2)3/h5-18H,1-4H3. The zero-order valence-electron chi connectivity index (χ0n) is 19.7. The molecule has 0 heterocycles. The summed E-state index contributed by atoms with van der Waals surface area (Å²) in [6.45, 7) is 6.93. The molecule has 0 fully saturated rings. The van der Waals surface area contributed by atoms with E-state index in [1.807, 2.05) is 0 Å². The van der Waals surface area contributed by atoms with Crippen LogP contribution in [0.2, 0.25) is 0 Å². The maximum Gasteiger partial charge on any atom is 0.0159 e. The van der Waals surface area contributed by atoms with E-state index < -0.39 is 4.37 Å². The van der Waals surface area contributed by atoms with Gasteiger partial charge < -0.3 is 0 Å². The Hall–Kier alpha value is -1.57. The molecular formula is C31H26I2S. The van der Waals surface area contributed by atoms with Crippen molar-refractivity contribution in [1.82, 2.24) is 0 Å². The number of rotatable bonds is 3. The van der Waals surface area contributed by atoms with Crippen LogP contribution in [0.3, 0.4) is 0 Å². The maximum absolute atomic E-state index is 2.58. The molecule has 1 aliphatic rings. The molecule has 0 aliphatic heterocycles. The fraction of sp³-hybridized carbons (Fsp3) is 0.161. The summed E-state index contributed by atoms with van der Waals surface area (Å²) in [5, 5.41) is 5.56. The molecule has 0 saturated carbocycles. The molecule has 0 N–H and O–H groups in total. The lowest BCUT2D eigenvalue weighted by Crippen LogP contribution is -2.15. The van der Waals surface area contributed by atoms with Crippen molar-refractivity contribution in [2.45, 2.75) is 31.1 Å². The summed E-state index contributed by atoms with van der Waals surface area (Å²) >= 11 is 5.17. The second-order valence-electron chi connectivity index (χ2n) is 10.1. The summed E-state index contributed by atoms with van der Waals surface area (Å²) in [6.07, 6.45) is 2.33. The first-order valence-electron chi connectivity index (χ1n) is 11.5. The molecule has 0 spiro atoms. The van der Waals surface area contributed by atoms with Crippen molar-refractivity contribution in [2.24, 2.45) is 0 Å². The summed E-state index contributed by atoms with van der Waals surface area (Å²) in [7, 11) is 0. The van der Waals surface area contributed by atoms with Gasteiger partial charge in [-0.1, -0.05) is 67.9 Å². The summed E-state index contributed by atoms with van der Waals surface area (Å²) in [5.74, 6) is 0. The van der Waals surface area contributed by atoms with Crippen LogP contribution < -0.4 is 0 Å². The molecule has 3 heteroatoms. The molecule has 0 bridgehead atoms. The van der Waals surface area contributed by atoms with Crippen LogP contribution in [0, 0.1) is 6.92 Å². The Bertz CT molecular complexity index is 1590. The Morgan fingerprint density at radius 3 is 1.47 bits per heavy atom. The zero-order valence-corrected chi connectivity index (χ0v) is 24.9. The van der Waals surface area contributed by atoms with Crippen molar-refractivity contribution in [3.8, 4) is 22.3 Å². The molecule has 170 valence electrons. The quantitative estimate of drug-likeness (QED) is 0.131. The van der Waals surface area contributed by atoms with Crippen molar-refractivity contribution in [3.05, 3.63) is 102 Å². The van der Waals surface area contributed by atoms with Gasteiger partial charge in [-0.05, 0) is 147 Å². The Morgan fingerprint density at radius 2 is 1.03 bits per heavy atom. The van der Waals surface area contributed by atoms with Gasteiger partial charge in [0.25, 0.3) is 0 Å². The minimum Gasteiger partial charge on any atom is -0.108 e. The highest BCUT2D eigenvalue weighted by Crippen LogP contribution is 2.67. The van der Waals surface area contributed by atoms with Gasteiger partial charge in [-0.2, -0.15) is 0 Å². The van der Waals surface area contributed by atoms with E-state index >= 15 is 0 Å². The van der Waals surface area contributed by atoms with Gasteiger partial charge in [0.15, 0.2) is 0 Å². The van der Waals surface area contributed by atoms with Gasteiger partial charge in [0.05, 0.1) is 0 Å². The largest absolute Gasteiger partial charge is 0.108 e. The minimum atomic E-state index is -0.772. The first-order chi connectivity index (χ1) is 16.1. The van der Waals surface area contributed by atoms with Crippen LogP contribution in [-0.2, 0) is 5.41 Å². The van der Waals surface area contributed by atoms with Gasteiger partial charge in [0.1, 0.15) is 0 Å². The third-order valence-electron chi connectivity index (χ3n) is 7.36. The number of aryl methyl sites for hydroxylation is 1. The van der Waals surface area contributed by atoms with Crippen LogP contribution in [0.1, 0.15) is 30.5 Å². The second kappa shape index (κ2) is 7.97. The van der Waals surface area contributed by atoms with Crippen LogP contribution in [0.5, 0.6) is 0 Å². The van der Waals surface area contributed by atoms with E-state index in [1.165, 1.54) is 65.4 Å². The molecule has 5 aromatic rings. The van der Waals surface area contributed by atoms with Crippen LogP contribution in [0.25, 0.3) is 43.8 Å². The van der Waals surface area contributed by atoms with E-state index in [-0.39, 0.29) is 5.41 Å². The fourth-order valence-corrected chi connectivity index (χ4v) is 7.80. The minimum absolute atomic E-state index is 0.0377. The lowest BCUT2D eigenvalue weighted by atomic mass is 9.80. The van der Waals surface area contributed by atoms with Crippen molar-refractivity contribution in [1.29, 1.82) is 0 Å². The molecule has 0 radical (unpaired) electrons. The summed E-state index contributed by atoms with van der Waals surface area (Å²) in [5.41, 5.74) is 9.36. The lowest BCUT2D eigenvalue weighted by molar-refractivity contribution is 0.663. The molecule has 5 aromatic carbocycles. The van der Waals surface area contributed by atoms with Crippen LogP contribution in [-0.4, -0.2) is 6.26 Å². The number of hydrogen-bond donors (Lipinski definition) is 0. The van der Waals surface area contributed by atoms with E-state index in [0.717, 1.165) is 0 Å². The van der Waals surface area contributed by atoms with Gasteiger partial charge in [-0.3, -0.25) is 0 Å². The van der Waals surface area contributed by atoms with Gasteiger partial charge >= 0.3 is 0 Å². The Labute approximate surface area is 227 Å². The third-order valence-corrected chi connectivity index (χ3v) is 11.5. The summed E-state index contributed by atoms with van der Waals surface area (Å²) in [6, 6.07) is 32.4. The Morgan fingerprint density at radius 1 is 0.588 bits per heavy atom. The summed E-state index contributed by atoms with van der Waals surface area (Å²) in [4.78, 5) is 1.43.